The molecule has 0 bridgehead atoms. The Morgan fingerprint density at radius 3 is 2.83 bits per heavy atom. The number of rotatable bonds is 3. The number of ether oxygens (including phenoxy) is 1. The standard InChI is InChI=1S/C12H14ClNO4/c1-6-8(12(16)17)2-7(13)3-9(6)14-10-4-18-5-11(10)15/h2-3,10-11,14-15H,4-5H2,1H3,(H,16,17)/p-1/t10-,11-/m1/s1. The number of carboxylic acid groups (broad SMARTS) is 1. The maximum absolute atomic E-state index is 11.0. The number of halogens is 1. The van der Waals surface area contributed by atoms with Crippen molar-refractivity contribution in [1.82, 2.24) is 0 Å². The minimum atomic E-state index is -1.28. The van der Waals surface area contributed by atoms with Gasteiger partial charge in [0.05, 0.1) is 31.3 Å². The molecule has 0 aromatic heterocycles. The molecule has 0 radical (unpaired) electrons. The van der Waals surface area contributed by atoms with Crippen LogP contribution in [0.25, 0.3) is 0 Å². The van der Waals surface area contributed by atoms with Gasteiger partial charge in [-0.15, -0.1) is 0 Å². The molecular weight excluding hydrogens is 258 g/mol. The zero-order valence-electron chi connectivity index (χ0n) is 9.77. The van der Waals surface area contributed by atoms with Crippen molar-refractivity contribution in [3.8, 4) is 0 Å². The number of carboxylic acids is 1. The normalized spacial score (nSPS) is 23.1. The Hall–Kier alpha value is -1.30. The van der Waals surface area contributed by atoms with Gasteiger partial charge < -0.3 is 25.1 Å². The highest BCUT2D eigenvalue weighted by Gasteiger charge is 2.26. The maximum atomic E-state index is 11.0. The van der Waals surface area contributed by atoms with E-state index >= 15 is 0 Å². The van der Waals surface area contributed by atoms with E-state index < -0.39 is 12.1 Å². The summed E-state index contributed by atoms with van der Waals surface area (Å²) in [5.41, 5.74) is 1.13. The molecule has 0 amide bonds. The molecule has 1 aliphatic rings. The summed E-state index contributed by atoms with van der Waals surface area (Å²) in [6.07, 6.45) is -0.616. The van der Waals surface area contributed by atoms with Crippen LogP contribution in [-0.2, 0) is 4.74 Å². The van der Waals surface area contributed by atoms with E-state index in [0.717, 1.165) is 0 Å². The average molecular weight is 271 g/mol. The molecule has 2 rings (SSSR count). The summed E-state index contributed by atoms with van der Waals surface area (Å²) in [4.78, 5) is 11.0. The summed E-state index contributed by atoms with van der Waals surface area (Å²) in [6, 6.07) is 2.70. The second kappa shape index (κ2) is 5.14. The second-order valence-electron chi connectivity index (χ2n) is 4.27. The number of aliphatic hydroxyl groups is 1. The zero-order valence-corrected chi connectivity index (χ0v) is 10.5. The summed E-state index contributed by atoms with van der Waals surface area (Å²) in [5, 5.41) is 23.9. The fourth-order valence-corrected chi connectivity index (χ4v) is 2.14. The number of aromatic carboxylic acids is 1. The minimum Gasteiger partial charge on any atom is -0.545 e. The van der Waals surface area contributed by atoms with Crippen LogP contribution < -0.4 is 10.4 Å². The fraction of sp³-hybridized carbons (Fsp3) is 0.417. The monoisotopic (exact) mass is 270 g/mol. The third-order valence-electron chi connectivity index (χ3n) is 2.98. The van der Waals surface area contributed by atoms with E-state index in [9.17, 15) is 15.0 Å². The fourth-order valence-electron chi connectivity index (χ4n) is 1.92. The van der Waals surface area contributed by atoms with E-state index in [-0.39, 0.29) is 18.2 Å². The average Bonchev–Trinajstić information content (AvgIpc) is 2.69. The van der Waals surface area contributed by atoms with Gasteiger partial charge in [0.25, 0.3) is 0 Å². The molecule has 6 heteroatoms. The van der Waals surface area contributed by atoms with Crippen LogP contribution in [0.4, 0.5) is 5.69 Å². The van der Waals surface area contributed by atoms with Crippen molar-refractivity contribution >= 4 is 23.3 Å². The Morgan fingerprint density at radius 2 is 2.28 bits per heavy atom. The van der Waals surface area contributed by atoms with Crippen molar-refractivity contribution in [1.29, 1.82) is 0 Å². The van der Waals surface area contributed by atoms with Crippen molar-refractivity contribution in [2.45, 2.75) is 19.1 Å². The predicted octanol–water partition coefficient (Wildman–Crippen LogP) is 0.184. The Balaban J connectivity index is 2.29. The van der Waals surface area contributed by atoms with Gasteiger partial charge in [0.1, 0.15) is 0 Å². The molecule has 0 spiro atoms. The molecule has 1 fully saturated rings. The number of nitrogens with one attached hydrogen (secondary N) is 1. The molecule has 98 valence electrons. The summed E-state index contributed by atoms with van der Waals surface area (Å²) in [6.45, 7) is 2.30. The van der Waals surface area contributed by atoms with Crippen LogP contribution in [0.5, 0.6) is 0 Å². The van der Waals surface area contributed by atoms with Gasteiger partial charge in [-0.25, -0.2) is 0 Å². The number of benzene rings is 1. The van der Waals surface area contributed by atoms with Gasteiger partial charge in [0.2, 0.25) is 0 Å². The van der Waals surface area contributed by atoms with E-state index in [2.05, 4.69) is 5.32 Å². The van der Waals surface area contributed by atoms with Gasteiger partial charge in [-0.05, 0) is 24.6 Å². The lowest BCUT2D eigenvalue weighted by atomic mass is 10.1. The Kier molecular flexibility index (Phi) is 3.75. The molecule has 5 nitrogen and oxygen atoms in total. The van der Waals surface area contributed by atoms with E-state index in [4.69, 9.17) is 16.3 Å². The molecule has 18 heavy (non-hydrogen) atoms. The Labute approximate surface area is 109 Å². The summed E-state index contributed by atoms with van der Waals surface area (Å²) < 4.78 is 5.12. The Morgan fingerprint density at radius 1 is 1.56 bits per heavy atom. The van der Waals surface area contributed by atoms with Gasteiger partial charge >= 0.3 is 0 Å². The van der Waals surface area contributed by atoms with Crippen molar-refractivity contribution in [2.75, 3.05) is 18.5 Å². The van der Waals surface area contributed by atoms with Gasteiger partial charge in [0.15, 0.2) is 0 Å². The first-order valence-corrected chi connectivity index (χ1v) is 5.90. The molecule has 0 saturated carbocycles. The summed E-state index contributed by atoms with van der Waals surface area (Å²) in [7, 11) is 0. The van der Waals surface area contributed by atoms with Gasteiger partial charge in [0, 0.05) is 16.3 Å². The Bertz CT molecular complexity index is 477. The molecular formula is C12H13ClNO4-. The minimum absolute atomic E-state index is 0.0402. The van der Waals surface area contributed by atoms with Crippen LogP contribution in [0, 0.1) is 6.92 Å². The van der Waals surface area contributed by atoms with Crippen molar-refractivity contribution in [3.63, 3.8) is 0 Å². The highest BCUT2D eigenvalue weighted by Crippen LogP contribution is 2.26. The number of hydrogen-bond acceptors (Lipinski definition) is 5. The largest absolute Gasteiger partial charge is 0.545 e. The maximum Gasteiger partial charge on any atom is 0.0996 e. The van der Waals surface area contributed by atoms with Crippen LogP contribution >= 0.6 is 11.6 Å². The molecule has 1 aliphatic heterocycles. The first-order chi connectivity index (χ1) is 8.49. The third kappa shape index (κ3) is 2.58. The first kappa shape index (κ1) is 13.1. The molecule has 2 N–H and O–H groups in total. The summed E-state index contributed by atoms with van der Waals surface area (Å²) >= 11 is 5.86. The first-order valence-electron chi connectivity index (χ1n) is 5.53. The molecule has 1 aromatic carbocycles. The number of anilines is 1. The highest BCUT2D eigenvalue weighted by atomic mass is 35.5. The van der Waals surface area contributed by atoms with Crippen molar-refractivity contribution in [2.24, 2.45) is 0 Å². The van der Waals surface area contributed by atoms with Crippen LogP contribution in [0.15, 0.2) is 12.1 Å². The van der Waals surface area contributed by atoms with Crippen LogP contribution in [0.2, 0.25) is 5.02 Å². The molecule has 1 saturated heterocycles. The van der Waals surface area contributed by atoms with Crippen LogP contribution in [0.1, 0.15) is 15.9 Å². The number of hydrogen-bond donors (Lipinski definition) is 2. The van der Waals surface area contributed by atoms with Crippen molar-refractivity contribution < 1.29 is 19.7 Å². The zero-order chi connectivity index (χ0) is 13.3. The molecule has 1 aromatic rings. The van der Waals surface area contributed by atoms with Crippen LogP contribution in [-0.4, -0.2) is 36.4 Å². The van der Waals surface area contributed by atoms with Gasteiger partial charge in [-0.3, -0.25) is 0 Å². The predicted molar refractivity (Wildman–Crippen MR) is 64.8 cm³/mol. The van der Waals surface area contributed by atoms with Gasteiger partial charge in [-0.2, -0.15) is 0 Å². The second-order valence-corrected chi connectivity index (χ2v) is 4.71. The number of carbonyl (C=O) groups is 1. The van der Waals surface area contributed by atoms with E-state index in [0.29, 0.717) is 22.9 Å². The lowest BCUT2D eigenvalue weighted by Crippen LogP contribution is -2.32. The van der Waals surface area contributed by atoms with Crippen LogP contribution in [0.3, 0.4) is 0 Å². The number of carbonyl (C=O) groups excluding carboxylic acids is 1. The lowest BCUT2D eigenvalue weighted by Gasteiger charge is -2.20. The van der Waals surface area contributed by atoms with E-state index in [1.807, 2.05) is 0 Å². The molecule has 2 atom stereocenters. The smallest absolute Gasteiger partial charge is 0.0996 e. The van der Waals surface area contributed by atoms with Crippen molar-refractivity contribution in [3.05, 3.63) is 28.3 Å². The summed E-state index contributed by atoms with van der Waals surface area (Å²) in [5.74, 6) is -1.28. The molecule has 1 heterocycles. The van der Waals surface area contributed by atoms with Gasteiger partial charge in [-0.1, -0.05) is 11.6 Å². The molecule has 0 aliphatic carbocycles. The molecule has 0 unspecified atom stereocenters. The van der Waals surface area contributed by atoms with E-state index in [1.165, 1.54) is 6.07 Å². The highest BCUT2D eigenvalue weighted by molar-refractivity contribution is 6.31. The SMILES string of the molecule is Cc1c(N[C@@H]2COC[C@H]2O)cc(Cl)cc1C(=O)[O-]. The lowest BCUT2D eigenvalue weighted by molar-refractivity contribution is -0.255. The topological polar surface area (TPSA) is 81.6 Å². The third-order valence-corrected chi connectivity index (χ3v) is 3.20. The number of aliphatic hydroxyl groups excluding tert-OH is 1. The van der Waals surface area contributed by atoms with E-state index in [1.54, 1.807) is 13.0 Å². The quantitative estimate of drug-likeness (QED) is 0.819.